The van der Waals surface area contributed by atoms with Crippen LogP contribution in [0.25, 0.3) is 5.69 Å². The molecule has 1 N–H and O–H groups in total. The molecule has 1 heterocycles. The molecule has 0 fully saturated rings. The minimum Gasteiger partial charge on any atom is -0.277 e. The molecule has 0 atom stereocenters. The van der Waals surface area contributed by atoms with Gasteiger partial charge in [0, 0.05) is 5.69 Å². The summed E-state index contributed by atoms with van der Waals surface area (Å²) in [5.74, 6) is 1.26. The zero-order valence-corrected chi connectivity index (χ0v) is 15.4. The van der Waals surface area contributed by atoms with Gasteiger partial charge in [-0.15, -0.1) is 10.2 Å². The van der Waals surface area contributed by atoms with Crippen LogP contribution in [0.4, 0.5) is 5.69 Å². The van der Waals surface area contributed by atoms with Crippen LogP contribution in [0.5, 0.6) is 0 Å². The monoisotopic (exact) mass is 362 g/mol. The number of hydrogen-bond donors (Lipinski definition) is 1. The molecule has 0 radical (unpaired) electrons. The molecule has 1 aromatic heterocycles. The number of benzene rings is 2. The van der Waals surface area contributed by atoms with Gasteiger partial charge < -0.3 is 0 Å². The van der Waals surface area contributed by atoms with E-state index in [9.17, 15) is 5.26 Å². The summed E-state index contributed by atoms with van der Waals surface area (Å²) in [6.45, 7) is 4.07. The van der Waals surface area contributed by atoms with Crippen molar-refractivity contribution in [3.63, 3.8) is 0 Å². The minimum absolute atomic E-state index is 0.171. The number of hydrogen-bond acceptors (Lipinski definition) is 6. The Labute approximate surface area is 156 Å². The molecular formula is C19H18N6S. The maximum atomic E-state index is 9.60. The summed E-state index contributed by atoms with van der Waals surface area (Å²) < 4.78 is 1.85. The Bertz CT molecular complexity index is 938. The highest BCUT2D eigenvalue weighted by atomic mass is 32.2. The third kappa shape index (κ3) is 3.92. The lowest BCUT2D eigenvalue weighted by Crippen LogP contribution is -2.11. The van der Waals surface area contributed by atoms with E-state index in [2.05, 4.69) is 26.8 Å². The Kier molecular flexibility index (Phi) is 5.66. The van der Waals surface area contributed by atoms with Crippen LogP contribution in [-0.4, -0.2) is 26.2 Å². The second-order valence-corrected chi connectivity index (χ2v) is 6.69. The van der Waals surface area contributed by atoms with E-state index in [0.717, 1.165) is 27.8 Å². The number of aromatic nitrogens is 3. The molecule has 0 amide bonds. The summed E-state index contributed by atoms with van der Waals surface area (Å²) in [7, 11) is 0. The highest BCUT2D eigenvalue weighted by molar-refractivity contribution is 7.99. The summed E-state index contributed by atoms with van der Waals surface area (Å²) in [5, 5.41) is 23.0. The van der Waals surface area contributed by atoms with Gasteiger partial charge in [0.2, 0.25) is 11.5 Å². The van der Waals surface area contributed by atoms with Crippen molar-refractivity contribution in [2.45, 2.75) is 19.0 Å². The molecule has 0 aliphatic carbocycles. The quantitative estimate of drug-likeness (QED) is 0.407. The number of anilines is 1. The van der Waals surface area contributed by atoms with E-state index in [1.165, 1.54) is 0 Å². The van der Waals surface area contributed by atoms with Crippen LogP contribution in [-0.2, 0) is 0 Å². The van der Waals surface area contributed by atoms with Crippen molar-refractivity contribution < 1.29 is 0 Å². The zero-order valence-electron chi connectivity index (χ0n) is 14.5. The standard InChI is InChI=1S/C19H18N6S/c1-3-26-19-24-23-18(25(19)16-7-5-4-6-8-16)17(13-20)22-21-15-11-9-14(2)10-12-15/h4-12,21H,3H2,1-2H3/b22-17+. The topological polar surface area (TPSA) is 78.9 Å². The normalized spacial score (nSPS) is 11.2. The van der Waals surface area contributed by atoms with Crippen molar-refractivity contribution in [3.05, 3.63) is 66.0 Å². The molecule has 3 aromatic rings. The number of aryl methyl sites for hydroxylation is 1. The third-order valence-corrected chi connectivity index (χ3v) is 4.40. The molecule has 0 saturated carbocycles. The maximum absolute atomic E-state index is 9.60. The van der Waals surface area contributed by atoms with Gasteiger partial charge in [0.15, 0.2) is 5.16 Å². The van der Waals surface area contributed by atoms with Crippen LogP contribution in [0.1, 0.15) is 18.3 Å². The van der Waals surface area contributed by atoms with Crippen LogP contribution in [0, 0.1) is 18.3 Å². The summed E-state index contributed by atoms with van der Waals surface area (Å²) in [4.78, 5) is 0. The van der Waals surface area contributed by atoms with Crippen LogP contribution >= 0.6 is 11.8 Å². The number of nitrogens with zero attached hydrogens (tertiary/aromatic N) is 5. The molecule has 26 heavy (non-hydrogen) atoms. The number of nitrogens with one attached hydrogen (secondary N) is 1. The molecule has 3 rings (SSSR count). The molecular weight excluding hydrogens is 344 g/mol. The Morgan fingerprint density at radius 1 is 1.15 bits per heavy atom. The Morgan fingerprint density at radius 3 is 2.54 bits per heavy atom. The fourth-order valence-electron chi connectivity index (χ4n) is 2.33. The fraction of sp³-hybridized carbons (Fsp3) is 0.158. The lowest BCUT2D eigenvalue weighted by molar-refractivity contribution is 0.881. The van der Waals surface area contributed by atoms with Gasteiger partial charge in [0.1, 0.15) is 6.07 Å². The van der Waals surface area contributed by atoms with Gasteiger partial charge in [-0.05, 0) is 36.9 Å². The molecule has 0 saturated heterocycles. The number of hydrazone groups is 1. The number of nitriles is 1. The van der Waals surface area contributed by atoms with Gasteiger partial charge in [0.25, 0.3) is 0 Å². The predicted molar refractivity (Wildman–Crippen MR) is 105 cm³/mol. The van der Waals surface area contributed by atoms with Gasteiger partial charge in [0.05, 0.1) is 5.69 Å². The molecule has 0 bridgehead atoms. The average Bonchev–Trinajstić information content (AvgIpc) is 3.08. The van der Waals surface area contributed by atoms with Crippen molar-refractivity contribution >= 4 is 23.2 Å². The minimum atomic E-state index is 0.171. The summed E-state index contributed by atoms with van der Waals surface area (Å²) in [6, 6.07) is 19.6. The van der Waals surface area contributed by atoms with Crippen molar-refractivity contribution in [2.24, 2.45) is 5.10 Å². The van der Waals surface area contributed by atoms with E-state index < -0.39 is 0 Å². The molecule has 0 aliphatic heterocycles. The van der Waals surface area contributed by atoms with Crippen molar-refractivity contribution in [1.29, 1.82) is 5.26 Å². The Balaban J connectivity index is 1.99. The molecule has 130 valence electrons. The van der Waals surface area contributed by atoms with E-state index in [-0.39, 0.29) is 5.71 Å². The highest BCUT2D eigenvalue weighted by Crippen LogP contribution is 2.22. The summed E-state index contributed by atoms with van der Waals surface area (Å²) in [6.07, 6.45) is 0. The lowest BCUT2D eigenvalue weighted by Gasteiger charge is -2.09. The van der Waals surface area contributed by atoms with E-state index in [1.54, 1.807) is 11.8 Å². The number of thioether (sulfide) groups is 1. The van der Waals surface area contributed by atoms with E-state index in [0.29, 0.717) is 5.82 Å². The first-order valence-corrected chi connectivity index (χ1v) is 9.16. The predicted octanol–water partition coefficient (Wildman–Crippen LogP) is 4.03. The molecule has 0 spiro atoms. The van der Waals surface area contributed by atoms with E-state index in [1.807, 2.05) is 73.0 Å². The second-order valence-electron chi connectivity index (χ2n) is 5.46. The smallest absolute Gasteiger partial charge is 0.205 e. The first-order chi connectivity index (χ1) is 12.7. The van der Waals surface area contributed by atoms with E-state index in [4.69, 9.17) is 0 Å². The van der Waals surface area contributed by atoms with Gasteiger partial charge in [-0.3, -0.25) is 9.99 Å². The van der Waals surface area contributed by atoms with E-state index >= 15 is 0 Å². The first kappa shape index (κ1) is 17.7. The molecule has 0 unspecified atom stereocenters. The van der Waals surface area contributed by atoms with Gasteiger partial charge >= 0.3 is 0 Å². The number of para-hydroxylation sites is 1. The van der Waals surface area contributed by atoms with Gasteiger partial charge in [-0.25, -0.2) is 0 Å². The van der Waals surface area contributed by atoms with Crippen LogP contribution in [0.3, 0.4) is 0 Å². The third-order valence-electron chi connectivity index (χ3n) is 3.59. The Hall–Kier alpha value is -3.11. The maximum Gasteiger partial charge on any atom is 0.205 e. The SMILES string of the molecule is CCSc1nnc(/C(C#N)=N/Nc2ccc(C)cc2)n1-c1ccccc1. The van der Waals surface area contributed by atoms with Crippen LogP contribution < -0.4 is 5.43 Å². The van der Waals surface area contributed by atoms with Crippen molar-refractivity contribution in [2.75, 3.05) is 11.2 Å². The van der Waals surface area contributed by atoms with Crippen LogP contribution in [0.2, 0.25) is 0 Å². The van der Waals surface area contributed by atoms with Crippen LogP contribution in [0.15, 0.2) is 64.9 Å². The van der Waals surface area contributed by atoms with Crippen molar-refractivity contribution in [3.8, 4) is 11.8 Å². The van der Waals surface area contributed by atoms with Crippen molar-refractivity contribution in [1.82, 2.24) is 14.8 Å². The van der Waals surface area contributed by atoms with Gasteiger partial charge in [-0.1, -0.05) is 54.6 Å². The summed E-state index contributed by atoms with van der Waals surface area (Å²) in [5.41, 5.74) is 5.94. The first-order valence-electron chi connectivity index (χ1n) is 8.17. The molecule has 2 aromatic carbocycles. The molecule has 7 heteroatoms. The van der Waals surface area contributed by atoms with Gasteiger partial charge in [-0.2, -0.15) is 10.4 Å². The number of rotatable bonds is 6. The Morgan fingerprint density at radius 2 is 1.88 bits per heavy atom. The molecule has 0 aliphatic rings. The fourth-order valence-corrected chi connectivity index (χ4v) is 3.01. The lowest BCUT2D eigenvalue weighted by atomic mass is 10.2. The zero-order chi connectivity index (χ0) is 18.4. The largest absolute Gasteiger partial charge is 0.277 e. The highest BCUT2D eigenvalue weighted by Gasteiger charge is 2.18. The summed E-state index contributed by atoms with van der Waals surface area (Å²) >= 11 is 1.57. The molecule has 6 nitrogen and oxygen atoms in total. The average molecular weight is 362 g/mol. The second kappa shape index (κ2) is 8.32.